The van der Waals surface area contributed by atoms with Gasteiger partial charge in [-0.05, 0) is 19.1 Å². The smallest absolute Gasteiger partial charge is 0.273 e. The maximum atomic E-state index is 13.7. The van der Waals surface area contributed by atoms with Crippen LogP contribution >= 0.6 is 0 Å². The van der Waals surface area contributed by atoms with E-state index in [0.29, 0.717) is 11.4 Å². The molecule has 0 spiro atoms. The Morgan fingerprint density at radius 3 is 2.91 bits per heavy atom. The third kappa shape index (κ3) is 4.22. The molecule has 0 atom stereocenters. The van der Waals surface area contributed by atoms with E-state index in [-0.39, 0.29) is 23.6 Å². The van der Waals surface area contributed by atoms with Gasteiger partial charge in [0, 0.05) is 17.8 Å². The lowest BCUT2D eigenvalue weighted by Crippen LogP contribution is -1.98. The highest BCUT2D eigenvalue weighted by Gasteiger charge is 2.10. The lowest BCUT2D eigenvalue weighted by Gasteiger charge is -2.07. The highest BCUT2D eigenvalue weighted by molar-refractivity contribution is 5.77. The molecule has 8 heteroatoms. The van der Waals surface area contributed by atoms with Crippen molar-refractivity contribution >= 4 is 11.9 Å². The van der Waals surface area contributed by atoms with Crippen molar-refractivity contribution in [2.24, 2.45) is 5.16 Å². The molecule has 2 aromatic rings. The van der Waals surface area contributed by atoms with E-state index in [1.165, 1.54) is 37.6 Å². The van der Waals surface area contributed by atoms with E-state index in [0.717, 1.165) is 0 Å². The first-order chi connectivity index (χ1) is 11.0. The minimum Gasteiger partial charge on any atom is -0.496 e. The molecular formula is C15H14FN3O4. The summed E-state index contributed by atoms with van der Waals surface area (Å²) >= 11 is 0. The maximum Gasteiger partial charge on any atom is 0.273 e. The lowest BCUT2D eigenvalue weighted by atomic mass is 10.2. The van der Waals surface area contributed by atoms with Crippen LogP contribution in [0, 0.1) is 22.9 Å². The molecule has 0 fully saturated rings. The Kier molecular flexibility index (Phi) is 5.19. The van der Waals surface area contributed by atoms with E-state index >= 15 is 0 Å². The van der Waals surface area contributed by atoms with Crippen LogP contribution in [0.5, 0.6) is 5.75 Å². The largest absolute Gasteiger partial charge is 0.496 e. The molecule has 7 nitrogen and oxygen atoms in total. The topological polar surface area (TPSA) is 86.8 Å². The van der Waals surface area contributed by atoms with Crippen molar-refractivity contribution < 1.29 is 18.9 Å². The van der Waals surface area contributed by atoms with E-state index in [1.54, 1.807) is 13.0 Å². The van der Waals surface area contributed by atoms with E-state index in [4.69, 9.17) is 9.57 Å². The van der Waals surface area contributed by atoms with E-state index in [1.807, 2.05) is 0 Å². The van der Waals surface area contributed by atoms with Crippen molar-refractivity contribution in [3.63, 3.8) is 0 Å². The van der Waals surface area contributed by atoms with Gasteiger partial charge >= 0.3 is 0 Å². The highest BCUT2D eigenvalue weighted by Crippen LogP contribution is 2.22. The van der Waals surface area contributed by atoms with Crippen molar-refractivity contribution in [3.05, 3.63) is 63.2 Å². The molecule has 2 rings (SSSR count). The zero-order chi connectivity index (χ0) is 16.8. The number of methoxy groups -OCH3 is 1. The first-order valence-electron chi connectivity index (χ1n) is 6.61. The molecule has 120 valence electrons. The third-order valence-corrected chi connectivity index (χ3v) is 2.93. The molecular weight excluding hydrogens is 305 g/mol. The second-order valence-corrected chi connectivity index (χ2v) is 4.58. The molecule has 0 bridgehead atoms. The number of hydrogen-bond acceptors (Lipinski definition) is 6. The number of aryl methyl sites for hydroxylation is 1. The van der Waals surface area contributed by atoms with Crippen molar-refractivity contribution in [2.45, 2.75) is 13.5 Å². The van der Waals surface area contributed by atoms with Gasteiger partial charge in [0.1, 0.15) is 18.2 Å². The quantitative estimate of drug-likeness (QED) is 0.464. The summed E-state index contributed by atoms with van der Waals surface area (Å²) in [6, 6.07) is 7.04. The molecule has 0 N–H and O–H groups in total. The van der Waals surface area contributed by atoms with Crippen molar-refractivity contribution in [1.29, 1.82) is 0 Å². The van der Waals surface area contributed by atoms with Gasteiger partial charge < -0.3 is 9.57 Å². The summed E-state index contributed by atoms with van der Waals surface area (Å²) in [5.74, 6) is -0.117. The molecule has 0 amide bonds. The van der Waals surface area contributed by atoms with Crippen molar-refractivity contribution in [2.75, 3.05) is 7.11 Å². The predicted molar refractivity (Wildman–Crippen MR) is 81.0 cm³/mol. The molecule has 0 aliphatic rings. The number of ether oxygens (including phenoxy) is 1. The summed E-state index contributed by atoms with van der Waals surface area (Å²) in [4.78, 5) is 19.4. The Hall–Kier alpha value is -3.03. The standard InChI is InChI=1S/C15H14FN3O4/c1-10-6-12(19(20)21)7-11(18-10)8-17-23-9-13-14(16)4-3-5-15(13)22-2/h3-8H,9H2,1-2H3. The first kappa shape index (κ1) is 16.3. The van der Waals surface area contributed by atoms with Gasteiger partial charge in [-0.15, -0.1) is 0 Å². The van der Waals surface area contributed by atoms with Gasteiger partial charge in [-0.25, -0.2) is 4.39 Å². The van der Waals surface area contributed by atoms with Gasteiger partial charge in [0.25, 0.3) is 5.69 Å². The summed E-state index contributed by atoms with van der Waals surface area (Å²) in [7, 11) is 1.43. The predicted octanol–water partition coefficient (Wildman–Crippen LogP) is 3.00. The molecule has 0 aliphatic carbocycles. The van der Waals surface area contributed by atoms with Crippen LogP contribution in [0.2, 0.25) is 0 Å². The van der Waals surface area contributed by atoms with Gasteiger partial charge in [-0.1, -0.05) is 11.2 Å². The van der Waals surface area contributed by atoms with Crippen LogP contribution in [0.15, 0.2) is 35.5 Å². The van der Waals surface area contributed by atoms with Gasteiger partial charge in [0.05, 0.1) is 29.5 Å². The number of halogens is 1. The SMILES string of the molecule is COc1cccc(F)c1CON=Cc1cc([N+](=O)[O-])cc(C)n1. The van der Waals surface area contributed by atoms with Gasteiger partial charge in [0.2, 0.25) is 0 Å². The summed E-state index contributed by atoms with van der Waals surface area (Å²) in [6.45, 7) is 1.50. The average Bonchev–Trinajstić information content (AvgIpc) is 2.52. The van der Waals surface area contributed by atoms with E-state index < -0.39 is 10.7 Å². The second-order valence-electron chi connectivity index (χ2n) is 4.58. The van der Waals surface area contributed by atoms with Crippen molar-refractivity contribution in [3.8, 4) is 5.75 Å². The number of aromatic nitrogens is 1. The normalized spacial score (nSPS) is 10.7. The average molecular weight is 319 g/mol. The monoisotopic (exact) mass is 319 g/mol. The molecule has 0 saturated carbocycles. The number of oxime groups is 1. The van der Waals surface area contributed by atoms with Crippen LogP contribution in [0.4, 0.5) is 10.1 Å². The Morgan fingerprint density at radius 1 is 1.43 bits per heavy atom. The number of pyridine rings is 1. The number of benzene rings is 1. The molecule has 0 saturated heterocycles. The van der Waals surface area contributed by atoms with Crippen LogP contribution < -0.4 is 4.74 Å². The second kappa shape index (κ2) is 7.30. The fourth-order valence-corrected chi connectivity index (χ4v) is 1.91. The summed E-state index contributed by atoms with van der Waals surface area (Å²) < 4.78 is 18.7. The minimum atomic E-state index is -0.517. The zero-order valence-electron chi connectivity index (χ0n) is 12.5. The van der Waals surface area contributed by atoms with Crippen LogP contribution in [0.1, 0.15) is 17.0 Å². The maximum absolute atomic E-state index is 13.7. The number of hydrogen-bond donors (Lipinski definition) is 0. The number of rotatable bonds is 6. The molecule has 0 unspecified atom stereocenters. The molecule has 0 aliphatic heterocycles. The molecule has 1 aromatic heterocycles. The molecule has 1 heterocycles. The molecule has 23 heavy (non-hydrogen) atoms. The molecule has 1 aromatic carbocycles. The van der Waals surface area contributed by atoms with Gasteiger partial charge in [-0.2, -0.15) is 0 Å². The Morgan fingerprint density at radius 2 is 2.22 bits per heavy atom. The first-order valence-corrected chi connectivity index (χ1v) is 6.61. The summed E-state index contributed by atoms with van der Waals surface area (Å²) in [5, 5.41) is 14.4. The lowest BCUT2D eigenvalue weighted by molar-refractivity contribution is -0.385. The Balaban J connectivity index is 2.07. The summed E-state index contributed by atoms with van der Waals surface area (Å²) in [6.07, 6.45) is 1.23. The Bertz CT molecular complexity index is 749. The number of nitrogens with zero attached hydrogens (tertiary/aromatic N) is 3. The number of nitro groups is 1. The van der Waals surface area contributed by atoms with Crippen molar-refractivity contribution in [1.82, 2.24) is 4.98 Å². The zero-order valence-corrected chi connectivity index (χ0v) is 12.5. The van der Waals surface area contributed by atoms with Crippen LogP contribution in [0.3, 0.4) is 0 Å². The van der Waals surface area contributed by atoms with E-state index in [2.05, 4.69) is 10.1 Å². The van der Waals surface area contributed by atoms with Gasteiger partial charge in [0.15, 0.2) is 0 Å². The molecule has 0 radical (unpaired) electrons. The van der Waals surface area contributed by atoms with Crippen LogP contribution in [-0.4, -0.2) is 23.2 Å². The van der Waals surface area contributed by atoms with Crippen LogP contribution in [0.25, 0.3) is 0 Å². The highest BCUT2D eigenvalue weighted by atomic mass is 19.1. The third-order valence-electron chi connectivity index (χ3n) is 2.93. The summed E-state index contributed by atoms with van der Waals surface area (Å²) in [5.41, 5.74) is 0.902. The fraction of sp³-hybridized carbons (Fsp3) is 0.200. The Labute approximate surface area is 131 Å². The van der Waals surface area contributed by atoms with E-state index in [9.17, 15) is 14.5 Å². The van der Waals surface area contributed by atoms with Crippen LogP contribution in [-0.2, 0) is 11.4 Å². The minimum absolute atomic E-state index is 0.0882. The fourth-order valence-electron chi connectivity index (χ4n) is 1.91. The van der Waals surface area contributed by atoms with Gasteiger partial charge in [-0.3, -0.25) is 15.1 Å².